The van der Waals surface area contributed by atoms with Crippen molar-refractivity contribution in [3.8, 4) is 0 Å². The number of benzene rings is 1. The van der Waals surface area contributed by atoms with Gasteiger partial charge in [-0.25, -0.2) is 0 Å². The second kappa shape index (κ2) is 9.95. The van der Waals surface area contributed by atoms with E-state index in [1.54, 1.807) is 0 Å². The van der Waals surface area contributed by atoms with Crippen molar-refractivity contribution in [1.29, 1.82) is 0 Å². The number of amides is 1. The molecule has 1 saturated heterocycles. The fraction of sp³-hybridized carbons (Fsp3) is 0.529. The summed E-state index contributed by atoms with van der Waals surface area (Å²) in [5.41, 5.74) is 1.08. The minimum atomic E-state index is -1.72. The van der Waals surface area contributed by atoms with E-state index in [0.29, 0.717) is 18.0 Å². The Morgan fingerprint density at radius 3 is 2.35 bits per heavy atom. The highest BCUT2D eigenvalue weighted by molar-refractivity contribution is 7.80. The summed E-state index contributed by atoms with van der Waals surface area (Å²) in [4.78, 5) is 16.5. The molecule has 1 aromatic carbocycles. The van der Waals surface area contributed by atoms with Crippen molar-refractivity contribution in [3.05, 3.63) is 35.9 Å². The van der Waals surface area contributed by atoms with Gasteiger partial charge in [0.15, 0.2) is 5.11 Å². The fourth-order valence-corrected chi connectivity index (χ4v) is 3.19. The summed E-state index contributed by atoms with van der Waals surface area (Å²) < 4.78 is -1.72. The van der Waals surface area contributed by atoms with Crippen LogP contribution < -0.4 is 10.6 Å². The maximum atomic E-state index is 12.3. The monoisotopic (exact) mass is 436 g/mol. The van der Waals surface area contributed by atoms with Crippen molar-refractivity contribution in [1.82, 2.24) is 20.4 Å². The van der Waals surface area contributed by atoms with Crippen LogP contribution in [0.4, 0.5) is 0 Å². The first-order valence-corrected chi connectivity index (χ1v) is 9.94. The summed E-state index contributed by atoms with van der Waals surface area (Å²) in [5, 5.41) is 6.19. The lowest BCUT2D eigenvalue weighted by Gasteiger charge is -2.36. The van der Waals surface area contributed by atoms with Crippen molar-refractivity contribution in [2.45, 2.75) is 22.8 Å². The minimum Gasteiger partial charge on any atom is -0.347 e. The third kappa shape index (κ3) is 7.08. The van der Waals surface area contributed by atoms with Crippen molar-refractivity contribution in [3.63, 3.8) is 0 Å². The number of alkyl halides is 3. The van der Waals surface area contributed by atoms with Gasteiger partial charge < -0.3 is 20.4 Å². The van der Waals surface area contributed by atoms with Gasteiger partial charge in [-0.3, -0.25) is 4.79 Å². The first kappa shape index (κ1) is 21.5. The molecule has 1 aromatic rings. The Morgan fingerprint density at radius 1 is 1.15 bits per heavy atom. The molecule has 1 heterocycles. The Labute approximate surface area is 174 Å². The zero-order chi connectivity index (χ0) is 19.2. The molecule has 0 spiro atoms. The SMILES string of the molecule is CN1CCN(C(=S)NC(NC(=O)CCc2ccccc2)C(Cl)(Cl)Cl)CC1. The van der Waals surface area contributed by atoms with Gasteiger partial charge in [0.2, 0.25) is 9.70 Å². The molecule has 1 fully saturated rings. The smallest absolute Gasteiger partial charge is 0.228 e. The van der Waals surface area contributed by atoms with Crippen LogP contribution >= 0.6 is 47.0 Å². The molecule has 26 heavy (non-hydrogen) atoms. The molecule has 1 atom stereocenters. The van der Waals surface area contributed by atoms with E-state index in [4.69, 9.17) is 47.0 Å². The van der Waals surface area contributed by atoms with Crippen LogP contribution in [0.15, 0.2) is 30.3 Å². The Hall–Kier alpha value is -0.790. The predicted molar refractivity (Wildman–Crippen MR) is 112 cm³/mol. The van der Waals surface area contributed by atoms with Crippen molar-refractivity contribution in [2.75, 3.05) is 33.2 Å². The lowest BCUT2D eigenvalue weighted by atomic mass is 10.1. The summed E-state index contributed by atoms with van der Waals surface area (Å²) >= 11 is 23.5. The molecule has 0 radical (unpaired) electrons. The Bertz CT molecular complexity index is 604. The van der Waals surface area contributed by atoms with Gasteiger partial charge in [-0.2, -0.15) is 0 Å². The standard InChI is InChI=1S/C17H23Cl3N4OS/c1-23-9-11-24(12-10-23)16(26)22-15(17(18,19)20)21-14(25)8-7-13-5-3-2-4-6-13/h2-6,15H,7-12H2,1H3,(H,21,25)(H,22,26). The van der Waals surface area contributed by atoms with Crippen molar-refractivity contribution < 1.29 is 4.79 Å². The maximum Gasteiger partial charge on any atom is 0.228 e. The largest absolute Gasteiger partial charge is 0.347 e. The summed E-state index contributed by atoms with van der Waals surface area (Å²) in [7, 11) is 2.06. The lowest BCUT2D eigenvalue weighted by molar-refractivity contribution is -0.121. The zero-order valence-corrected chi connectivity index (χ0v) is 17.6. The number of likely N-dealkylation sites (N-methyl/N-ethyl adjacent to an activating group) is 1. The average Bonchev–Trinajstić information content (AvgIpc) is 2.60. The van der Waals surface area contributed by atoms with Crippen LogP contribution in [0.5, 0.6) is 0 Å². The molecule has 9 heteroatoms. The van der Waals surface area contributed by atoms with Crippen LogP contribution in [-0.2, 0) is 11.2 Å². The third-order valence-electron chi connectivity index (χ3n) is 4.17. The molecule has 2 N–H and O–H groups in total. The minimum absolute atomic E-state index is 0.209. The van der Waals surface area contributed by atoms with Crippen LogP contribution in [0.25, 0.3) is 0 Å². The van der Waals surface area contributed by atoms with Gasteiger partial charge in [0.1, 0.15) is 6.17 Å². The van der Waals surface area contributed by atoms with Gasteiger partial charge >= 0.3 is 0 Å². The topological polar surface area (TPSA) is 47.6 Å². The molecule has 0 saturated carbocycles. The Kier molecular flexibility index (Phi) is 8.23. The number of hydrogen-bond acceptors (Lipinski definition) is 3. The average molecular weight is 438 g/mol. The molecule has 1 aliphatic rings. The number of aryl methyl sites for hydroxylation is 1. The van der Waals surface area contributed by atoms with Crippen LogP contribution in [-0.4, -0.2) is 64.0 Å². The Morgan fingerprint density at radius 2 is 1.77 bits per heavy atom. The van der Waals surface area contributed by atoms with Gasteiger partial charge in [0.05, 0.1) is 0 Å². The van der Waals surface area contributed by atoms with Gasteiger partial charge in [-0.05, 0) is 31.2 Å². The van der Waals surface area contributed by atoms with Crippen LogP contribution in [0, 0.1) is 0 Å². The van der Waals surface area contributed by atoms with Gasteiger partial charge in [-0.1, -0.05) is 65.1 Å². The van der Waals surface area contributed by atoms with Crippen molar-refractivity contribution in [2.24, 2.45) is 0 Å². The molecular formula is C17H23Cl3N4OS. The third-order valence-corrected chi connectivity index (χ3v) is 5.21. The zero-order valence-electron chi connectivity index (χ0n) is 14.6. The normalized spacial score (nSPS) is 16.8. The number of carbonyl (C=O) groups is 1. The maximum absolute atomic E-state index is 12.3. The summed E-state index contributed by atoms with van der Waals surface area (Å²) in [6, 6.07) is 9.76. The number of rotatable bonds is 5. The first-order valence-electron chi connectivity index (χ1n) is 8.39. The number of nitrogens with zero attached hydrogens (tertiary/aromatic N) is 2. The molecule has 5 nitrogen and oxygen atoms in total. The predicted octanol–water partition coefficient (Wildman–Crippen LogP) is 2.55. The molecule has 0 aliphatic carbocycles. The molecule has 0 aromatic heterocycles. The quantitative estimate of drug-likeness (QED) is 0.421. The number of piperazine rings is 1. The van der Waals surface area contributed by atoms with E-state index in [2.05, 4.69) is 22.6 Å². The van der Waals surface area contributed by atoms with Crippen LogP contribution in [0.1, 0.15) is 12.0 Å². The lowest BCUT2D eigenvalue weighted by Crippen LogP contribution is -2.60. The summed E-state index contributed by atoms with van der Waals surface area (Å²) in [6.45, 7) is 3.39. The number of halogens is 3. The second-order valence-electron chi connectivity index (χ2n) is 6.27. The molecule has 2 rings (SSSR count). The highest BCUT2D eigenvalue weighted by atomic mass is 35.6. The van der Waals surface area contributed by atoms with E-state index in [0.717, 1.165) is 31.7 Å². The molecule has 144 valence electrons. The van der Waals surface area contributed by atoms with E-state index in [-0.39, 0.29) is 5.91 Å². The molecule has 1 aliphatic heterocycles. The molecular weight excluding hydrogens is 415 g/mol. The summed E-state index contributed by atoms with van der Waals surface area (Å²) in [5.74, 6) is -0.209. The van der Waals surface area contributed by atoms with Crippen LogP contribution in [0.2, 0.25) is 0 Å². The first-order chi connectivity index (χ1) is 12.3. The summed E-state index contributed by atoms with van der Waals surface area (Å²) in [6.07, 6.45) is 0.00903. The van der Waals surface area contributed by atoms with Gasteiger partial charge in [0.25, 0.3) is 0 Å². The highest BCUT2D eigenvalue weighted by Gasteiger charge is 2.35. The van der Waals surface area contributed by atoms with E-state index in [9.17, 15) is 4.79 Å². The van der Waals surface area contributed by atoms with Gasteiger partial charge in [0, 0.05) is 32.6 Å². The fourth-order valence-electron chi connectivity index (χ4n) is 2.56. The molecule has 0 bridgehead atoms. The van der Waals surface area contributed by atoms with Crippen LogP contribution in [0.3, 0.4) is 0 Å². The number of thiocarbonyl (C=S) groups is 1. The molecule has 1 amide bonds. The number of nitrogens with one attached hydrogen (secondary N) is 2. The Balaban J connectivity index is 1.88. The molecule has 1 unspecified atom stereocenters. The highest BCUT2D eigenvalue weighted by Crippen LogP contribution is 2.29. The van der Waals surface area contributed by atoms with Gasteiger partial charge in [-0.15, -0.1) is 0 Å². The number of hydrogen-bond donors (Lipinski definition) is 2. The van der Waals surface area contributed by atoms with E-state index in [1.165, 1.54) is 0 Å². The van der Waals surface area contributed by atoms with Crippen molar-refractivity contribution >= 4 is 58.0 Å². The van der Waals surface area contributed by atoms with E-state index in [1.807, 2.05) is 35.2 Å². The second-order valence-corrected chi connectivity index (χ2v) is 9.02. The van der Waals surface area contributed by atoms with E-state index >= 15 is 0 Å². The van der Waals surface area contributed by atoms with E-state index < -0.39 is 9.96 Å². The number of carbonyl (C=O) groups excluding carboxylic acids is 1.